The molecule has 10 heteroatoms. The molecule has 0 unspecified atom stereocenters. The van der Waals surface area contributed by atoms with Crippen LogP contribution >= 0.6 is 22.7 Å². The zero-order chi connectivity index (χ0) is 103. The number of unbranched alkanes of at least 4 members (excludes halogenated alkanes) is 20. The molecule has 4 aliphatic carbocycles. The van der Waals surface area contributed by atoms with Crippen LogP contribution in [-0.2, 0) is 61.9 Å². The van der Waals surface area contributed by atoms with E-state index in [0.717, 1.165) is 75.6 Å². The van der Waals surface area contributed by atoms with Gasteiger partial charge in [-0.15, -0.1) is 22.7 Å². The van der Waals surface area contributed by atoms with Crippen LogP contribution in [0.4, 0.5) is 0 Å². The highest BCUT2D eigenvalue weighted by atomic mass is 32.1. The molecule has 6 aliphatic rings. The summed E-state index contributed by atoms with van der Waals surface area (Å²) in [6.45, 7) is 54.4. The van der Waals surface area contributed by atoms with Gasteiger partial charge in [-0.2, -0.15) is 0 Å². The molecular weight excluding hydrogens is 1790 g/mol. The van der Waals surface area contributed by atoms with Gasteiger partial charge in [0.2, 0.25) is 0 Å². The lowest BCUT2D eigenvalue weighted by Crippen LogP contribution is -2.41. The van der Waals surface area contributed by atoms with E-state index in [1.807, 2.05) is 6.07 Å². The summed E-state index contributed by atoms with van der Waals surface area (Å²) in [6.07, 6.45) is 36.9. The van der Waals surface area contributed by atoms with Gasteiger partial charge in [-0.25, -0.2) is 0 Å². The smallest absolute Gasteiger partial charge is 0.399 e. The lowest BCUT2D eigenvalue weighted by Gasteiger charge is -2.36. The predicted octanol–water partition coefficient (Wildman–Crippen LogP) is 36.5. The SMILES string of the molecule is CCCCCCCCC1(CCCCCCCC)c2cc(-c3csc(C=O)c3)ccc2-c2cc3c(cc21)-c1ccc(-c2csc(C=O)c2)cc1C3(c1ccc(C(C)(C)C)cc1)c1ccc(C(C)(C)C)cc1.CCCCCCCCC1(CCCCCCCC)c2cc(B3OC(C)(C)C(C)(C)O3)ccc2-c2cc3c(cc21)-c1ccc(B2OC(C)(C)C(C)(C)O2)cc1C3(c1ccc(C(C)(C)C)cc1)c1ccc(C(C)(C)C)cc1. The van der Waals surface area contributed by atoms with Crippen molar-refractivity contribution in [3.63, 3.8) is 0 Å². The number of aldehydes is 2. The molecule has 0 bridgehead atoms. The molecule has 4 heterocycles. The summed E-state index contributed by atoms with van der Waals surface area (Å²) >= 11 is 3.05. The fraction of sp³-hybridized carbons (Fsp3) is 0.478. The summed E-state index contributed by atoms with van der Waals surface area (Å²) in [5.74, 6) is 0. The maximum atomic E-state index is 12.0. The number of carbonyl (C=O) groups is 2. The fourth-order valence-corrected chi connectivity index (χ4v) is 26.4. The molecule has 0 atom stereocenters. The number of rotatable bonds is 38. The molecule has 2 saturated heterocycles. The summed E-state index contributed by atoms with van der Waals surface area (Å²) in [4.78, 5) is 25.5. The van der Waals surface area contributed by atoms with Crippen molar-refractivity contribution in [2.24, 2.45) is 0 Å². The molecule has 0 N–H and O–H groups in total. The lowest BCUT2D eigenvalue weighted by molar-refractivity contribution is 0.00578. The number of thiophene rings is 2. The quantitative estimate of drug-likeness (QED) is 0.0218. The first-order valence-electron chi connectivity index (χ1n) is 55.8. The normalized spacial score (nSPS) is 16.9. The molecule has 2 aromatic heterocycles. The van der Waals surface area contributed by atoms with Gasteiger partial charge in [0.1, 0.15) is 0 Å². The minimum absolute atomic E-state index is 0.00446. The predicted molar refractivity (Wildman–Crippen MR) is 616 cm³/mol. The highest BCUT2D eigenvalue weighted by Crippen LogP contribution is 2.66. The Labute approximate surface area is 876 Å². The maximum Gasteiger partial charge on any atom is 0.494 e. The van der Waals surface area contributed by atoms with Gasteiger partial charge in [0.05, 0.1) is 43.0 Å². The van der Waals surface area contributed by atoms with Crippen LogP contribution in [-0.4, -0.2) is 49.2 Å². The van der Waals surface area contributed by atoms with Crippen LogP contribution in [0.2, 0.25) is 0 Å². The molecule has 2 fully saturated rings. The van der Waals surface area contributed by atoms with Crippen molar-refractivity contribution in [2.45, 2.75) is 412 Å². The van der Waals surface area contributed by atoms with E-state index >= 15 is 0 Å². The van der Waals surface area contributed by atoms with E-state index in [4.69, 9.17) is 18.6 Å². The maximum absolute atomic E-state index is 12.0. The number of fused-ring (bicyclic) bond motifs is 12. The minimum Gasteiger partial charge on any atom is -0.399 e. The van der Waals surface area contributed by atoms with Crippen LogP contribution in [0.25, 0.3) is 66.8 Å². The van der Waals surface area contributed by atoms with Crippen LogP contribution in [0, 0.1) is 0 Å². The zero-order valence-corrected chi connectivity index (χ0v) is 93.8. The monoisotopic (exact) mass is 1960 g/mol. The molecule has 2 aliphatic heterocycles. The average molecular weight is 1960 g/mol. The van der Waals surface area contributed by atoms with Crippen LogP contribution in [0.15, 0.2) is 217 Å². The topological polar surface area (TPSA) is 71.1 Å². The van der Waals surface area contributed by atoms with Crippen molar-refractivity contribution in [1.29, 1.82) is 0 Å². The van der Waals surface area contributed by atoms with Gasteiger partial charge in [-0.1, -0.05) is 423 Å². The third-order valence-corrected chi connectivity index (χ3v) is 36.8. The molecule has 0 radical (unpaired) electrons. The molecule has 144 heavy (non-hydrogen) atoms. The first kappa shape index (κ1) is 106. The Balaban J connectivity index is 0.000000198. The van der Waals surface area contributed by atoms with E-state index in [2.05, 4.69) is 377 Å². The summed E-state index contributed by atoms with van der Waals surface area (Å²) in [5, 5.41) is 4.30. The van der Waals surface area contributed by atoms with Crippen LogP contribution in [0.3, 0.4) is 0 Å². The highest BCUT2D eigenvalue weighted by molar-refractivity contribution is 7.12. The van der Waals surface area contributed by atoms with E-state index in [0.29, 0.717) is 0 Å². The first-order chi connectivity index (χ1) is 68.6. The van der Waals surface area contributed by atoms with Crippen molar-refractivity contribution in [3.8, 4) is 66.8 Å². The van der Waals surface area contributed by atoms with Crippen molar-refractivity contribution in [1.82, 2.24) is 0 Å². The van der Waals surface area contributed by atoms with Gasteiger partial charge in [-0.05, 0) is 329 Å². The Hall–Kier alpha value is -9.09. The fourth-order valence-electron chi connectivity index (χ4n) is 25.0. The molecule has 756 valence electrons. The van der Waals surface area contributed by atoms with Gasteiger partial charge in [0.15, 0.2) is 12.6 Å². The molecule has 0 amide bonds. The Morgan fingerprint density at radius 1 is 0.250 bits per heavy atom. The second kappa shape index (κ2) is 42.1. The largest absolute Gasteiger partial charge is 0.494 e. The van der Waals surface area contributed by atoms with E-state index in [1.165, 1.54) is 316 Å². The lowest BCUT2D eigenvalue weighted by atomic mass is 9.65. The van der Waals surface area contributed by atoms with E-state index in [-0.39, 0.29) is 32.5 Å². The first-order valence-corrected chi connectivity index (χ1v) is 57.5. The summed E-state index contributed by atoms with van der Waals surface area (Å²) in [5.41, 5.74) is 35.8. The van der Waals surface area contributed by atoms with Crippen molar-refractivity contribution in [2.75, 3.05) is 0 Å². The molecular formula is C134H166B2O6S2. The highest BCUT2D eigenvalue weighted by Gasteiger charge is 2.58. The molecule has 12 aromatic rings. The van der Waals surface area contributed by atoms with E-state index < -0.39 is 47.5 Å². The van der Waals surface area contributed by atoms with Gasteiger partial charge in [0, 0.05) is 10.8 Å². The number of hydrogen-bond acceptors (Lipinski definition) is 8. The van der Waals surface area contributed by atoms with Gasteiger partial charge < -0.3 is 18.6 Å². The van der Waals surface area contributed by atoms with Gasteiger partial charge in [-0.3, -0.25) is 9.59 Å². The molecule has 18 rings (SSSR count). The molecule has 10 aromatic carbocycles. The second-order valence-corrected chi connectivity index (χ2v) is 51.8. The van der Waals surface area contributed by atoms with Gasteiger partial charge in [0.25, 0.3) is 0 Å². The van der Waals surface area contributed by atoms with Gasteiger partial charge >= 0.3 is 14.2 Å². The van der Waals surface area contributed by atoms with Crippen LogP contribution < -0.4 is 10.9 Å². The van der Waals surface area contributed by atoms with Crippen LogP contribution in [0.1, 0.15) is 454 Å². The molecule has 0 saturated carbocycles. The third kappa shape index (κ3) is 20.1. The zero-order valence-electron chi connectivity index (χ0n) is 92.2. The third-order valence-electron chi connectivity index (χ3n) is 35.0. The van der Waals surface area contributed by atoms with Crippen molar-refractivity contribution >= 4 is 60.4 Å². The van der Waals surface area contributed by atoms with Crippen molar-refractivity contribution in [3.05, 3.63) is 316 Å². The van der Waals surface area contributed by atoms with E-state index in [1.54, 1.807) is 0 Å². The summed E-state index contributed by atoms with van der Waals surface area (Å²) in [6, 6.07) is 82.2. The minimum atomic E-state index is -0.640. The van der Waals surface area contributed by atoms with Crippen molar-refractivity contribution < 1.29 is 28.2 Å². The average Bonchev–Trinajstić information content (AvgIpc) is 1.52. The molecule has 0 spiro atoms. The Morgan fingerprint density at radius 2 is 0.479 bits per heavy atom. The Kier molecular flexibility index (Phi) is 31.1. The second-order valence-electron chi connectivity index (χ2n) is 49.9. The van der Waals surface area contributed by atoms with E-state index in [9.17, 15) is 9.59 Å². The number of benzene rings is 10. The standard InChI is InChI=1S/C68H92B2O4.C66H74O2S2/c1-17-19-21-23-25-27-41-67(42-28-26-24-22-20-18-2)57-43-51(69-71-63(9,10)64(11,12)72-69)37-39-53(57)55-46-60-56(45-58(55)67)54-40-38-52(70-73-65(13,14)66(15,16)74-70)44-59(54)68(60,49-33-29-47(30-34-49)61(3,4)5)50-35-31-48(32-36-50)62(6,7)8;1-9-11-13-15-17-19-33-65(34-20-18-16-14-12-10-2)59-37-45(47-35-53(41-67)69-43-47)21-31-55(59)57-40-62-58(39-60(57)65)56-32-22-46(48-36-54(42-68)70-44-48)38-61(56)66(62,51-27-23-49(24-28-51)63(3,4)5)52-29-25-50(26-30-52)64(6,7)8/h29-40,43-46H,17-28,41-42H2,1-16H3;21-32,35-44H,9-20,33-34H2,1-8H3. The summed E-state index contributed by atoms with van der Waals surface area (Å²) < 4.78 is 27.4. The number of carbonyl (C=O) groups excluding carboxylic acids is 2. The Bertz CT molecular complexity index is 6380. The van der Waals surface area contributed by atoms with Crippen LogP contribution in [0.5, 0.6) is 0 Å². The Morgan fingerprint density at radius 3 is 0.764 bits per heavy atom. The number of hydrogen-bond donors (Lipinski definition) is 0. The summed E-state index contributed by atoms with van der Waals surface area (Å²) in [7, 11) is -0.916. The molecule has 6 nitrogen and oxygen atoms in total.